The molecule has 2 atom stereocenters. The Morgan fingerprint density at radius 3 is 3.00 bits per heavy atom. The number of piperidine rings is 2. The largest absolute Gasteiger partial charge is 0.439 e. The summed E-state index contributed by atoms with van der Waals surface area (Å²) in [5, 5.41) is 3.53. The van der Waals surface area contributed by atoms with E-state index in [1.54, 1.807) is 0 Å². The van der Waals surface area contributed by atoms with Crippen molar-refractivity contribution in [3.63, 3.8) is 0 Å². The number of rotatable bonds is 3. The van der Waals surface area contributed by atoms with Gasteiger partial charge in [-0.2, -0.15) is 0 Å². The van der Waals surface area contributed by atoms with Gasteiger partial charge in [0, 0.05) is 6.54 Å². The molecular formula is C18H25N3O. The van der Waals surface area contributed by atoms with Crippen LogP contribution in [0.15, 0.2) is 28.7 Å². The minimum Gasteiger partial charge on any atom is -0.439 e. The molecule has 1 aromatic heterocycles. The van der Waals surface area contributed by atoms with Gasteiger partial charge in [-0.1, -0.05) is 18.6 Å². The zero-order valence-electron chi connectivity index (χ0n) is 13.1. The van der Waals surface area contributed by atoms with Gasteiger partial charge in [0.25, 0.3) is 0 Å². The Morgan fingerprint density at radius 2 is 2.14 bits per heavy atom. The number of fused-ring (bicyclic) bond motifs is 1. The SMILES string of the molecule is c1ccc2oc(C3CCCCN3CC3CCCNC3)nc2c1. The van der Waals surface area contributed by atoms with E-state index in [9.17, 15) is 0 Å². The van der Waals surface area contributed by atoms with Crippen LogP contribution in [-0.2, 0) is 0 Å². The molecule has 2 unspecified atom stereocenters. The molecule has 0 radical (unpaired) electrons. The Labute approximate surface area is 131 Å². The lowest BCUT2D eigenvalue weighted by atomic mass is 9.95. The summed E-state index contributed by atoms with van der Waals surface area (Å²) in [5.41, 5.74) is 1.91. The maximum Gasteiger partial charge on any atom is 0.212 e. The minimum atomic E-state index is 0.364. The summed E-state index contributed by atoms with van der Waals surface area (Å²) in [5.74, 6) is 1.70. The predicted molar refractivity (Wildman–Crippen MR) is 87.8 cm³/mol. The van der Waals surface area contributed by atoms with E-state index in [-0.39, 0.29) is 0 Å². The first-order valence-electron chi connectivity index (χ1n) is 8.70. The van der Waals surface area contributed by atoms with Crippen molar-refractivity contribution in [2.75, 3.05) is 26.2 Å². The monoisotopic (exact) mass is 299 g/mol. The lowest BCUT2D eigenvalue weighted by molar-refractivity contribution is 0.0998. The van der Waals surface area contributed by atoms with E-state index in [0.717, 1.165) is 29.5 Å². The summed E-state index contributed by atoms with van der Waals surface area (Å²) >= 11 is 0. The standard InChI is InChI=1S/C18H25N3O/c1-2-9-17-15(7-1)20-18(22-17)16-8-3-4-11-21(16)13-14-6-5-10-19-12-14/h1-2,7,9,14,16,19H,3-6,8,10-13H2. The molecule has 0 amide bonds. The Balaban J connectivity index is 1.54. The molecule has 0 saturated carbocycles. The summed E-state index contributed by atoms with van der Waals surface area (Å²) in [4.78, 5) is 7.37. The van der Waals surface area contributed by atoms with Gasteiger partial charge in [0.1, 0.15) is 5.52 Å². The van der Waals surface area contributed by atoms with Gasteiger partial charge in [0.2, 0.25) is 5.89 Å². The Kier molecular flexibility index (Phi) is 4.13. The third-order valence-corrected chi connectivity index (χ3v) is 5.10. The summed E-state index contributed by atoms with van der Waals surface area (Å²) < 4.78 is 6.06. The Bertz CT molecular complexity index is 585. The average molecular weight is 299 g/mol. The average Bonchev–Trinajstić information content (AvgIpc) is 3.00. The summed E-state index contributed by atoms with van der Waals surface area (Å²) in [6.45, 7) is 4.71. The zero-order valence-corrected chi connectivity index (χ0v) is 13.1. The lowest BCUT2D eigenvalue weighted by Gasteiger charge is -2.37. The van der Waals surface area contributed by atoms with Crippen LogP contribution in [0.4, 0.5) is 0 Å². The number of hydrogen-bond acceptors (Lipinski definition) is 4. The van der Waals surface area contributed by atoms with Crippen LogP contribution in [0.25, 0.3) is 11.1 Å². The number of benzene rings is 1. The van der Waals surface area contributed by atoms with Crippen LogP contribution in [0.5, 0.6) is 0 Å². The molecule has 2 saturated heterocycles. The van der Waals surface area contributed by atoms with E-state index in [1.165, 1.54) is 51.7 Å². The Hall–Kier alpha value is -1.39. The fourth-order valence-electron chi connectivity index (χ4n) is 3.93. The summed E-state index contributed by atoms with van der Waals surface area (Å²) in [6.07, 6.45) is 6.42. The first kappa shape index (κ1) is 14.2. The molecule has 3 heterocycles. The molecule has 2 aliphatic rings. The highest BCUT2D eigenvalue weighted by Gasteiger charge is 2.30. The van der Waals surface area contributed by atoms with Crippen LogP contribution >= 0.6 is 0 Å². The maximum atomic E-state index is 6.06. The van der Waals surface area contributed by atoms with Gasteiger partial charge in [-0.3, -0.25) is 4.90 Å². The molecule has 22 heavy (non-hydrogen) atoms. The van der Waals surface area contributed by atoms with E-state index in [1.807, 2.05) is 24.3 Å². The van der Waals surface area contributed by atoms with Gasteiger partial charge in [-0.05, 0) is 63.4 Å². The van der Waals surface area contributed by atoms with E-state index in [2.05, 4.69) is 10.2 Å². The number of likely N-dealkylation sites (tertiary alicyclic amines) is 1. The van der Waals surface area contributed by atoms with Crippen molar-refractivity contribution in [2.45, 2.75) is 38.1 Å². The molecule has 4 rings (SSSR count). The van der Waals surface area contributed by atoms with E-state index in [4.69, 9.17) is 9.40 Å². The highest BCUT2D eigenvalue weighted by atomic mass is 16.3. The van der Waals surface area contributed by atoms with Gasteiger partial charge >= 0.3 is 0 Å². The molecule has 2 aliphatic heterocycles. The van der Waals surface area contributed by atoms with E-state index >= 15 is 0 Å². The van der Waals surface area contributed by atoms with Crippen molar-refractivity contribution in [3.05, 3.63) is 30.2 Å². The molecule has 4 nitrogen and oxygen atoms in total. The molecule has 118 valence electrons. The molecule has 0 bridgehead atoms. The second kappa shape index (κ2) is 6.39. The van der Waals surface area contributed by atoms with Gasteiger partial charge in [0.05, 0.1) is 6.04 Å². The quantitative estimate of drug-likeness (QED) is 0.943. The number of para-hydroxylation sites is 2. The predicted octanol–water partition coefficient (Wildman–Crippen LogP) is 3.35. The molecule has 2 fully saturated rings. The van der Waals surface area contributed by atoms with Crippen molar-refractivity contribution < 1.29 is 4.42 Å². The third-order valence-electron chi connectivity index (χ3n) is 5.10. The van der Waals surface area contributed by atoms with Crippen molar-refractivity contribution in [1.82, 2.24) is 15.2 Å². The fraction of sp³-hybridized carbons (Fsp3) is 0.611. The fourth-order valence-corrected chi connectivity index (χ4v) is 3.93. The van der Waals surface area contributed by atoms with Crippen molar-refractivity contribution in [2.24, 2.45) is 5.92 Å². The maximum absolute atomic E-state index is 6.06. The smallest absolute Gasteiger partial charge is 0.212 e. The van der Waals surface area contributed by atoms with Gasteiger partial charge < -0.3 is 9.73 Å². The molecule has 4 heteroatoms. The van der Waals surface area contributed by atoms with Crippen LogP contribution < -0.4 is 5.32 Å². The van der Waals surface area contributed by atoms with Crippen LogP contribution in [0.3, 0.4) is 0 Å². The van der Waals surface area contributed by atoms with Gasteiger partial charge in [-0.25, -0.2) is 4.98 Å². The number of hydrogen-bond donors (Lipinski definition) is 1. The highest BCUT2D eigenvalue weighted by molar-refractivity contribution is 5.72. The first-order chi connectivity index (χ1) is 10.9. The van der Waals surface area contributed by atoms with Crippen LogP contribution in [0, 0.1) is 5.92 Å². The third kappa shape index (κ3) is 2.90. The summed E-state index contributed by atoms with van der Waals surface area (Å²) in [7, 11) is 0. The molecule has 1 N–H and O–H groups in total. The normalized spacial score (nSPS) is 27.3. The molecule has 0 aliphatic carbocycles. The second-order valence-corrected chi connectivity index (χ2v) is 6.74. The molecule has 0 spiro atoms. The lowest BCUT2D eigenvalue weighted by Crippen LogP contribution is -2.41. The summed E-state index contributed by atoms with van der Waals surface area (Å²) in [6, 6.07) is 8.47. The number of aromatic nitrogens is 1. The van der Waals surface area contributed by atoms with Crippen LogP contribution in [0.2, 0.25) is 0 Å². The molecule has 1 aromatic carbocycles. The van der Waals surface area contributed by atoms with E-state index < -0.39 is 0 Å². The van der Waals surface area contributed by atoms with Crippen LogP contribution in [0.1, 0.15) is 44.0 Å². The first-order valence-corrected chi connectivity index (χ1v) is 8.70. The Morgan fingerprint density at radius 1 is 1.18 bits per heavy atom. The van der Waals surface area contributed by atoms with Crippen molar-refractivity contribution in [1.29, 1.82) is 0 Å². The number of nitrogens with one attached hydrogen (secondary N) is 1. The highest BCUT2D eigenvalue weighted by Crippen LogP contribution is 2.33. The minimum absolute atomic E-state index is 0.364. The molecular weight excluding hydrogens is 274 g/mol. The van der Waals surface area contributed by atoms with E-state index in [0.29, 0.717) is 6.04 Å². The van der Waals surface area contributed by atoms with Crippen molar-refractivity contribution in [3.8, 4) is 0 Å². The second-order valence-electron chi connectivity index (χ2n) is 6.74. The van der Waals surface area contributed by atoms with Crippen LogP contribution in [-0.4, -0.2) is 36.1 Å². The number of oxazole rings is 1. The molecule has 2 aromatic rings. The number of nitrogens with zero attached hydrogens (tertiary/aromatic N) is 2. The van der Waals surface area contributed by atoms with Crippen molar-refractivity contribution >= 4 is 11.1 Å². The topological polar surface area (TPSA) is 41.3 Å². The van der Waals surface area contributed by atoms with Gasteiger partial charge in [0.15, 0.2) is 5.58 Å². The van der Waals surface area contributed by atoms with Gasteiger partial charge in [-0.15, -0.1) is 0 Å². The zero-order chi connectivity index (χ0) is 14.8.